The van der Waals surface area contributed by atoms with Crippen molar-refractivity contribution in [2.75, 3.05) is 19.6 Å². The Labute approximate surface area is 200 Å². The third-order valence-electron chi connectivity index (χ3n) is 6.10. The summed E-state index contributed by atoms with van der Waals surface area (Å²) in [6.07, 6.45) is 6.24. The normalized spacial score (nSPS) is 15.9. The number of amides is 1. The maximum atomic E-state index is 12.7. The fourth-order valence-electron chi connectivity index (χ4n) is 4.00. The largest absolute Gasteiger partial charge is 0.390 e. The van der Waals surface area contributed by atoms with E-state index in [2.05, 4.69) is 24.1 Å². The molecule has 0 radical (unpaired) electrons. The molecule has 2 heterocycles. The van der Waals surface area contributed by atoms with Gasteiger partial charge in [-0.2, -0.15) is 0 Å². The van der Waals surface area contributed by atoms with Crippen LogP contribution < -0.4 is 10.9 Å². The number of aryl methyl sites for hydroxylation is 1. The summed E-state index contributed by atoms with van der Waals surface area (Å²) in [6, 6.07) is 11.3. The van der Waals surface area contributed by atoms with E-state index in [1.165, 1.54) is 17.0 Å². The predicted molar refractivity (Wildman–Crippen MR) is 134 cm³/mol. The molecule has 0 bridgehead atoms. The third kappa shape index (κ3) is 7.12. The van der Waals surface area contributed by atoms with E-state index < -0.39 is 5.60 Å². The van der Waals surface area contributed by atoms with Crippen LogP contribution in [0.1, 0.15) is 44.4 Å². The van der Waals surface area contributed by atoms with E-state index in [1.54, 1.807) is 11.1 Å². The van der Waals surface area contributed by atoms with E-state index in [0.717, 1.165) is 18.3 Å². The Bertz CT molecular complexity index is 1050. The van der Waals surface area contributed by atoms with Crippen molar-refractivity contribution in [1.29, 1.82) is 5.41 Å². The molecular formula is C26H35N5O3. The molecule has 1 saturated heterocycles. The van der Waals surface area contributed by atoms with Gasteiger partial charge >= 0.3 is 0 Å². The number of carbonyl (C=O) groups is 1. The average Bonchev–Trinajstić information content (AvgIpc) is 2.82. The Morgan fingerprint density at radius 1 is 1.26 bits per heavy atom. The number of hydrogen-bond donors (Lipinski definition) is 3. The van der Waals surface area contributed by atoms with Gasteiger partial charge in [0.2, 0.25) is 5.91 Å². The minimum absolute atomic E-state index is 0.0890. The first-order chi connectivity index (χ1) is 16.3. The summed E-state index contributed by atoms with van der Waals surface area (Å²) in [6.45, 7) is 5.98. The number of likely N-dealkylation sites (tertiary alicyclic amines) is 1. The number of hydrogen-bond acceptors (Lipinski definition) is 6. The molecule has 1 fully saturated rings. The van der Waals surface area contributed by atoms with E-state index in [1.807, 2.05) is 30.3 Å². The molecule has 0 saturated carbocycles. The maximum Gasteiger partial charge on any atom is 0.253 e. The van der Waals surface area contributed by atoms with Crippen LogP contribution in [0.3, 0.4) is 0 Å². The Balaban J connectivity index is 1.56. The lowest BCUT2D eigenvalue weighted by Crippen LogP contribution is -2.49. The van der Waals surface area contributed by atoms with Gasteiger partial charge in [0.1, 0.15) is 0 Å². The van der Waals surface area contributed by atoms with Crippen molar-refractivity contribution in [2.45, 2.75) is 51.7 Å². The van der Waals surface area contributed by atoms with Crippen molar-refractivity contribution in [3.8, 4) is 0 Å². The number of allylic oxidation sites excluding steroid dienone is 1. The first-order valence-corrected chi connectivity index (χ1v) is 11.8. The molecule has 3 rings (SSSR count). The first-order valence-electron chi connectivity index (χ1n) is 11.8. The maximum absolute atomic E-state index is 12.7. The summed E-state index contributed by atoms with van der Waals surface area (Å²) in [4.78, 5) is 31.4. The van der Waals surface area contributed by atoms with E-state index >= 15 is 0 Å². The second-order valence-electron chi connectivity index (χ2n) is 9.38. The number of piperidine rings is 1. The van der Waals surface area contributed by atoms with Gasteiger partial charge in [-0.3, -0.25) is 14.2 Å². The van der Waals surface area contributed by atoms with Crippen molar-refractivity contribution in [3.05, 3.63) is 70.5 Å². The first kappa shape index (κ1) is 25.4. The van der Waals surface area contributed by atoms with Crippen molar-refractivity contribution in [3.63, 3.8) is 0 Å². The van der Waals surface area contributed by atoms with Crippen LogP contribution in [0.25, 0.3) is 5.57 Å². The van der Waals surface area contributed by atoms with Gasteiger partial charge < -0.3 is 20.7 Å². The third-order valence-corrected chi connectivity index (χ3v) is 6.10. The van der Waals surface area contributed by atoms with E-state index in [0.29, 0.717) is 56.0 Å². The lowest BCUT2D eigenvalue weighted by Gasteiger charge is -2.38. The summed E-state index contributed by atoms with van der Waals surface area (Å²) in [5.74, 6) is 0.543. The van der Waals surface area contributed by atoms with Gasteiger partial charge in [0.05, 0.1) is 24.2 Å². The Morgan fingerprint density at radius 2 is 1.97 bits per heavy atom. The lowest BCUT2D eigenvalue weighted by atomic mass is 9.91. The monoisotopic (exact) mass is 465 g/mol. The molecule has 1 amide bonds. The SMILES string of the molecule is CC(C)CN/C=C(\C=N)c1cc(=O)n(CC2(O)CCN(C(=O)CCc3ccccc3)CC2)cn1. The molecule has 1 aromatic heterocycles. The molecule has 3 N–H and O–H groups in total. The Morgan fingerprint density at radius 3 is 2.59 bits per heavy atom. The molecule has 1 aliphatic heterocycles. The summed E-state index contributed by atoms with van der Waals surface area (Å²) in [5, 5.41) is 21.8. The summed E-state index contributed by atoms with van der Waals surface area (Å²) in [5.41, 5.74) is 0.722. The fraction of sp³-hybridized carbons (Fsp3) is 0.462. The topological polar surface area (TPSA) is 111 Å². The van der Waals surface area contributed by atoms with Crippen LogP contribution >= 0.6 is 0 Å². The van der Waals surface area contributed by atoms with Gasteiger partial charge in [0.25, 0.3) is 5.56 Å². The van der Waals surface area contributed by atoms with E-state index in [4.69, 9.17) is 5.41 Å². The number of nitrogens with zero attached hydrogens (tertiary/aromatic N) is 3. The highest BCUT2D eigenvalue weighted by atomic mass is 16.3. The number of benzene rings is 1. The van der Waals surface area contributed by atoms with Crippen LogP contribution in [0.15, 0.2) is 53.7 Å². The molecule has 182 valence electrons. The molecule has 1 aromatic carbocycles. The van der Waals surface area contributed by atoms with Crippen LogP contribution in [-0.4, -0.2) is 56.9 Å². The molecule has 0 spiro atoms. The number of nitrogens with one attached hydrogen (secondary N) is 2. The molecular weight excluding hydrogens is 430 g/mol. The lowest BCUT2D eigenvalue weighted by molar-refractivity contribution is -0.135. The molecule has 0 atom stereocenters. The summed E-state index contributed by atoms with van der Waals surface area (Å²) < 4.78 is 1.40. The van der Waals surface area contributed by atoms with Gasteiger partial charge in [-0.1, -0.05) is 44.2 Å². The number of aromatic nitrogens is 2. The zero-order valence-corrected chi connectivity index (χ0v) is 20.0. The molecule has 0 unspecified atom stereocenters. The molecule has 0 aliphatic carbocycles. The zero-order valence-electron chi connectivity index (χ0n) is 20.0. The predicted octanol–water partition coefficient (Wildman–Crippen LogP) is 2.47. The van der Waals surface area contributed by atoms with Crippen molar-refractivity contribution in [2.24, 2.45) is 5.92 Å². The molecule has 1 aliphatic rings. The standard InChI is InChI=1S/C26H35N5O3/c1-20(2)16-28-17-22(15-27)23-14-25(33)31(19-29-23)18-26(34)10-12-30(13-11-26)24(32)9-8-21-6-4-3-5-7-21/h3-7,14-15,17,19-20,27-28,34H,8-13,16,18H2,1-2H3/b22-17+,27-15?. The van der Waals surface area contributed by atoms with Crippen molar-refractivity contribution in [1.82, 2.24) is 19.8 Å². The van der Waals surface area contributed by atoms with Crippen molar-refractivity contribution >= 4 is 17.7 Å². The van der Waals surface area contributed by atoms with Crippen LogP contribution in [0, 0.1) is 11.3 Å². The summed E-state index contributed by atoms with van der Waals surface area (Å²) in [7, 11) is 0. The van der Waals surface area contributed by atoms with E-state index in [-0.39, 0.29) is 18.0 Å². The highest BCUT2D eigenvalue weighted by Crippen LogP contribution is 2.24. The van der Waals surface area contributed by atoms with Crippen molar-refractivity contribution < 1.29 is 9.90 Å². The fourth-order valence-corrected chi connectivity index (χ4v) is 4.00. The quantitative estimate of drug-likeness (QED) is 0.467. The Hall–Kier alpha value is -3.26. The molecule has 8 nitrogen and oxygen atoms in total. The van der Waals surface area contributed by atoms with Gasteiger partial charge in [-0.05, 0) is 30.7 Å². The molecule has 2 aromatic rings. The molecule has 8 heteroatoms. The second-order valence-corrected chi connectivity index (χ2v) is 9.38. The van der Waals surface area contributed by atoms with Crippen LogP contribution in [0.4, 0.5) is 0 Å². The average molecular weight is 466 g/mol. The van der Waals surface area contributed by atoms with Gasteiger partial charge in [0.15, 0.2) is 0 Å². The van der Waals surface area contributed by atoms with Gasteiger partial charge in [-0.25, -0.2) is 4.98 Å². The van der Waals surface area contributed by atoms with Gasteiger partial charge in [-0.15, -0.1) is 0 Å². The highest BCUT2D eigenvalue weighted by Gasteiger charge is 2.34. The summed E-state index contributed by atoms with van der Waals surface area (Å²) >= 11 is 0. The van der Waals surface area contributed by atoms with E-state index in [9.17, 15) is 14.7 Å². The Kier molecular flexibility index (Phi) is 8.76. The number of rotatable bonds is 10. The highest BCUT2D eigenvalue weighted by molar-refractivity contribution is 6.07. The smallest absolute Gasteiger partial charge is 0.253 e. The number of carbonyl (C=O) groups excluding carboxylic acids is 1. The zero-order chi connectivity index (χ0) is 24.6. The van der Waals surface area contributed by atoms with Gasteiger partial charge in [0, 0.05) is 50.1 Å². The second kappa shape index (κ2) is 11.7. The minimum atomic E-state index is -1.07. The van der Waals surface area contributed by atoms with Crippen LogP contribution in [0.2, 0.25) is 0 Å². The number of aliphatic hydroxyl groups is 1. The van der Waals surface area contributed by atoms with Crippen LogP contribution in [-0.2, 0) is 17.8 Å². The molecule has 34 heavy (non-hydrogen) atoms. The minimum Gasteiger partial charge on any atom is -0.390 e. The van der Waals surface area contributed by atoms with Crippen LogP contribution in [0.5, 0.6) is 0 Å².